The molecule has 0 spiro atoms. The summed E-state index contributed by atoms with van der Waals surface area (Å²) in [7, 11) is 0. The number of aromatic nitrogens is 1. The molecular weight excluding hydrogens is 426 g/mol. The van der Waals surface area contributed by atoms with Gasteiger partial charge in [-0.1, -0.05) is 128 Å². The van der Waals surface area contributed by atoms with Gasteiger partial charge in [0.15, 0.2) is 0 Å². The van der Waals surface area contributed by atoms with Crippen molar-refractivity contribution in [1.82, 2.24) is 4.98 Å². The van der Waals surface area contributed by atoms with Gasteiger partial charge in [0, 0.05) is 5.56 Å². The molecule has 2 heteroatoms. The molecule has 1 aliphatic rings. The van der Waals surface area contributed by atoms with E-state index < -0.39 is 0 Å². The van der Waals surface area contributed by atoms with Crippen molar-refractivity contribution in [2.45, 2.75) is 123 Å². The van der Waals surface area contributed by atoms with E-state index in [1.54, 1.807) is 0 Å². The third kappa shape index (κ3) is 10.8. The van der Waals surface area contributed by atoms with Crippen molar-refractivity contribution in [3.05, 3.63) is 48.2 Å². The topological polar surface area (TPSA) is 22.1 Å². The van der Waals surface area contributed by atoms with Crippen molar-refractivity contribution in [2.24, 2.45) is 11.8 Å². The highest BCUT2D eigenvalue weighted by atomic mass is 16.5. The maximum atomic E-state index is 5.89. The van der Waals surface area contributed by atoms with E-state index >= 15 is 0 Å². The second kappa shape index (κ2) is 16.8. The Labute approximate surface area is 216 Å². The molecule has 2 nitrogen and oxygen atoms in total. The number of aryl methyl sites for hydroxylation is 1. The first-order chi connectivity index (χ1) is 17.3. The Balaban J connectivity index is 1.32. The van der Waals surface area contributed by atoms with Crippen molar-refractivity contribution in [3.8, 4) is 17.0 Å². The van der Waals surface area contributed by atoms with Gasteiger partial charge in [-0.15, -0.1) is 0 Å². The summed E-state index contributed by atoms with van der Waals surface area (Å²) < 4.78 is 5.89. The average Bonchev–Trinajstić information content (AvgIpc) is 2.91. The Kier molecular flexibility index (Phi) is 13.3. The van der Waals surface area contributed by atoms with Crippen LogP contribution >= 0.6 is 0 Å². The summed E-state index contributed by atoms with van der Waals surface area (Å²) in [4.78, 5) is 4.65. The van der Waals surface area contributed by atoms with Crippen LogP contribution < -0.4 is 4.74 Å². The van der Waals surface area contributed by atoms with Crippen LogP contribution in [0.4, 0.5) is 0 Å². The Morgan fingerprint density at radius 1 is 0.686 bits per heavy atom. The molecule has 194 valence electrons. The number of unbranched alkanes of at least 4 members (excludes halogenated alkanes) is 8. The van der Waals surface area contributed by atoms with Crippen LogP contribution in [0.25, 0.3) is 11.3 Å². The summed E-state index contributed by atoms with van der Waals surface area (Å²) in [5.41, 5.74) is 3.69. The van der Waals surface area contributed by atoms with Gasteiger partial charge in [-0.25, -0.2) is 0 Å². The summed E-state index contributed by atoms with van der Waals surface area (Å²) in [5.74, 6) is 2.84. The molecule has 2 aromatic rings. The molecular formula is C33H51NO. The van der Waals surface area contributed by atoms with Crippen molar-refractivity contribution in [3.63, 3.8) is 0 Å². The van der Waals surface area contributed by atoms with Crippen LogP contribution in [-0.2, 0) is 6.42 Å². The molecule has 1 saturated carbocycles. The molecule has 1 aliphatic carbocycles. The number of ether oxygens (including phenoxy) is 1. The molecule has 0 amide bonds. The summed E-state index contributed by atoms with van der Waals surface area (Å²) >= 11 is 0. The smallest absolute Gasteiger partial charge is 0.137 e. The van der Waals surface area contributed by atoms with Crippen LogP contribution in [0.15, 0.2) is 42.6 Å². The molecule has 1 fully saturated rings. The molecule has 0 N–H and O–H groups in total. The number of hydrogen-bond acceptors (Lipinski definition) is 2. The van der Waals surface area contributed by atoms with E-state index in [2.05, 4.69) is 55.2 Å². The predicted molar refractivity (Wildman–Crippen MR) is 151 cm³/mol. The molecule has 1 aromatic heterocycles. The third-order valence-corrected chi connectivity index (χ3v) is 8.03. The SMILES string of the molecule is CCCCCCCCOc1ccc(-c2ccc(CC[C@H]3CC[C@H](CCCCCC)CC3)cc2)nc1. The number of rotatable bonds is 17. The lowest BCUT2D eigenvalue weighted by Crippen LogP contribution is -2.15. The molecule has 0 saturated heterocycles. The first-order valence-electron chi connectivity index (χ1n) is 15.0. The normalized spacial score (nSPS) is 18.0. The van der Waals surface area contributed by atoms with E-state index in [0.717, 1.165) is 36.3 Å². The van der Waals surface area contributed by atoms with E-state index in [4.69, 9.17) is 4.74 Å². The number of pyridine rings is 1. The standard InChI is InChI=1S/C33H51NO/c1-3-5-7-9-10-12-26-35-32-24-25-33(34-27-32)31-22-20-30(21-23-31)19-18-29-16-14-28(15-17-29)13-11-8-6-4-2/h20-25,27-29H,3-19,26H2,1-2H3/t28-,29-. The lowest BCUT2D eigenvalue weighted by Gasteiger charge is -2.28. The Morgan fingerprint density at radius 2 is 1.31 bits per heavy atom. The van der Waals surface area contributed by atoms with E-state index in [-0.39, 0.29) is 0 Å². The molecule has 1 aromatic carbocycles. The van der Waals surface area contributed by atoms with Crippen LogP contribution in [0.2, 0.25) is 0 Å². The first kappa shape index (κ1) is 27.8. The number of benzene rings is 1. The molecule has 1 heterocycles. The highest BCUT2D eigenvalue weighted by Crippen LogP contribution is 2.34. The Hall–Kier alpha value is -1.83. The molecule has 0 radical (unpaired) electrons. The van der Waals surface area contributed by atoms with E-state index in [1.165, 1.54) is 114 Å². The quantitative estimate of drug-likeness (QED) is 0.211. The molecule has 0 bridgehead atoms. The fraction of sp³-hybridized carbons (Fsp3) is 0.667. The van der Waals surface area contributed by atoms with E-state index in [9.17, 15) is 0 Å². The van der Waals surface area contributed by atoms with Gasteiger partial charge >= 0.3 is 0 Å². The lowest BCUT2D eigenvalue weighted by molar-refractivity contribution is 0.249. The van der Waals surface area contributed by atoms with Crippen LogP contribution in [0.5, 0.6) is 5.75 Å². The third-order valence-electron chi connectivity index (χ3n) is 8.03. The lowest BCUT2D eigenvalue weighted by atomic mass is 9.77. The van der Waals surface area contributed by atoms with Gasteiger partial charge in [0.1, 0.15) is 5.75 Å². The molecule has 0 unspecified atom stereocenters. The van der Waals surface area contributed by atoms with Gasteiger partial charge in [0.25, 0.3) is 0 Å². The summed E-state index contributed by atoms with van der Waals surface area (Å²) in [6.07, 6.45) is 25.2. The van der Waals surface area contributed by atoms with Gasteiger partial charge in [-0.05, 0) is 48.8 Å². The Bertz CT molecular complexity index is 774. The highest BCUT2D eigenvalue weighted by Gasteiger charge is 2.20. The molecule has 35 heavy (non-hydrogen) atoms. The van der Waals surface area contributed by atoms with Crippen LogP contribution in [0, 0.1) is 11.8 Å². The molecule has 3 rings (SSSR count). The first-order valence-corrected chi connectivity index (χ1v) is 15.0. The van der Waals surface area contributed by atoms with Crippen LogP contribution in [-0.4, -0.2) is 11.6 Å². The van der Waals surface area contributed by atoms with Crippen molar-refractivity contribution in [1.29, 1.82) is 0 Å². The van der Waals surface area contributed by atoms with Crippen molar-refractivity contribution < 1.29 is 4.74 Å². The average molecular weight is 478 g/mol. The zero-order chi connectivity index (χ0) is 24.6. The van der Waals surface area contributed by atoms with Gasteiger partial charge in [-0.2, -0.15) is 0 Å². The maximum absolute atomic E-state index is 5.89. The number of hydrogen-bond donors (Lipinski definition) is 0. The monoisotopic (exact) mass is 477 g/mol. The second-order valence-electron chi connectivity index (χ2n) is 11.0. The highest BCUT2D eigenvalue weighted by molar-refractivity contribution is 5.59. The predicted octanol–water partition coefficient (Wildman–Crippen LogP) is 10.2. The van der Waals surface area contributed by atoms with E-state index in [1.807, 2.05) is 6.20 Å². The summed E-state index contributed by atoms with van der Waals surface area (Å²) in [5, 5.41) is 0. The minimum absolute atomic E-state index is 0.794. The van der Waals surface area contributed by atoms with Crippen molar-refractivity contribution >= 4 is 0 Å². The fourth-order valence-electron chi connectivity index (χ4n) is 5.59. The van der Waals surface area contributed by atoms with Crippen LogP contribution in [0.1, 0.15) is 122 Å². The summed E-state index contributed by atoms with van der Waals surface area (Å²) in [6.45, 7) is 5.36. The summed E-state index contributed by atoms with van der Waals surface area (Å²) in [6, 6.07) is 13.2. The van der Waals surface area contributed by atoms with E-state index in [0.29, 0.717) is 0 Å². The minimum atomic E-state index is 0.794. The minimum Gasteiger partial charge on any atom is -0.492 e. The van der Waals surface area contributed by atoms with Gasteiger partial charge in [0.05, 0.1) is 18.5 Å². The Morgan fingerprint density at radius 3 is 1.97 bits per heavy atom. The zero-order valence-electron chi connectivity index (χ0n) is 22.8. The fourth-order valence-corrected chi connectivity index (χ4v) is 5.59. The molecule has 0 aliphatic heterocycles. The van der Waals surface area contributed by atoms with Crippen molar-refractivity contribution in [2.75, 3.05) is 6.61 Å². The second-order valence-corrected chi connectivity index (χ2v) is 11.0. The maximum Gasteiger partial charge on any atom is 0.137 e. The van der Waals surface area contributed by atoms with Crippen LogP contribution in [0.3, 0.4) is 0 Å². The van der Waals surface area contributed by atoms with Gasteiger partial charge in [-0.3, -0.25) is 4.98 Å². The van der Waals surface area contributed by atoms with Gasteiger partial charge < -0.3 is 4.74 Å². The largest absolute Gasteiger partial charge is 0.492 e. The zero-order valence-corrected chi connectivity index (χ0v) is 22.8. The molecule has 0 atom stereocenters. The van der Waals surface area contributed by atoms with Gasteiger partial charge in [0.2, 0.25) is 0 Å². The number of nitrogens with zero attached hydrogens (tertiary/aromatic N) is 1.